The summed E-state index contributed by atoms with van der Waals surface area (Å²) in [5.74, 6) is -1.37. The lowest BCUT2D eigenvalue weighted by molar-refractivity contribution is -0.386. The molecule has 3 amide bonds. The molecule has 104 valence electrons. The van der Waals surface area contributed by atoms with Crippen molar-refractivity contribution >= 4 is 23.7 Å². The lowest BCUT2D eigenvalue weighted by Crippen LogP contribution is -2.22. The highest BCUT2D eigenvalue weighted by atomic mass is 16.6. The molecule has 0 atom stereocenters. The van der Waals surface area contributed by atoms with Crippen LogP contribution >= 0.6 is 0 Å². The molecule has 1 aliphatic rings. The van der Waals surface area contributed by atoms with Gasteiger partial charge in [-0.2, -0.15) is 0 Å². The van der Waals surface area contributed by atoms with Crippen LogP contribution < -0.4 is 15.4 Å². The number of aromatic hydroxyl groups is 1. The average molecular weight is 279 g/mol. The second-order valence-electron chi connectivity index (χ2n) is 3.81. The number of hydrogen-bond acceptors (Lipinski definition) is 6. The van der Waals surface area contributed by atoms with Crippen LogP contribution in [0.3, 0.4) is 0 Å². The van der Waals surface area contributed by atoms with Crippen LogP contribution in [0.4, 0.5) is 10.5 Å². The van der Waals surface area contributed by atoms with Crippen LogP contribution in [0.1, 0.15) is 5.56 Å². The average Bonchev–Trinajstić information content (AvgIpc) is 2.69. The molecule has 3 N–H and O–H groups in total. The van der Waals surface area contributed by atoms with Crippen molar-refractivity contribution in [1.29, 1.82) is 0 Å². The molecule has 2 rings (SSSR count). The van der Waals surface area contributed by atoms with Crippen LogP contribution in [0.15, 0.2) is 17.8 Å². The Balaban J connectivity index is 2.50. The molecule has 1 aromatic carbocycles. The first-order chi connectivity index (χ1) is 9.42. The Bertz CT molecular complexity index is 652. The lowest BCUT2D eigenvalue weighted by atomic mass is 10.1. The van der Waals surface area contributed by atoms with E-state index < -0.39 is 28.3 Å². The van der Waals surface area contributed by atoms with E-state index in [-0.39, 0.29) is 17.0 Å². The zero-order valence-corrected chi connectivity index (χ0v) is 10.2. The van der Waals surface area contributed by atoms with E-state index in [0.717, 1.165) is 6.07 Å². The number of benzene rings is 1. The third kappa shape index (κ3) is 2.36. The predicted molar refractivity (Wildman–Crippen MR) is 66.0 cm³/mol. The van der Waals surface area contributed by atoms with Crippen molar-refractivity contribution in [3.63, 3.8) is 0 Å². The van der Waals surface area contributed by atoms with Crippen molar-refractivity contribution in [2.75, 3.05) is 7.11 Å². The van der Waals surface area contributed by atoms with Crippen molar-refractivity contribution in [3.05, 3.63) is 33.5 Å². The number of nitro benzene ring substituents is 1. The number of nitrogens with zero attached hydrogens (tertiary/aromatic N) is 1. The summed E-state index contributed by atoms with van der Waals surface area (Å²) in [6.45, 7) is 0. The second-order valence-corrected chi connectivity index (χ2v) is 3.81. The quantitative estimate of drug-likeness (QED) is 0.319. The summed E-state index contributed by atoms with van der Waals surface area (Å²) in [5.41, 5.74) is -0.406. The van der Waals surface area contributed by atoms with Gasteiger partial charge in [-0.1, -0.05) is 0 Å². The van der Waals surface area contributed by atoms with Crippen LogP contribution in [-0.2, 0) is 4.79 Å². The summed E-state index contributed by atoms with van der Waals surface area (Å²) in [6, 6.07) is 1.68. The van der Waals surface area contributed by atoms with Crippen molar-refractivity contribution in [1.82, 2.24) is 10.6 Å². The molecule has 9 nitrogen and oxygen atoms in total. The summed E-state index contributed by atoms with van der Waals surface area (Å²) >= 11 is 0. The summed E-state index contributed by atoms with van der Waals surface area (Å²) in [7, 11) is 1.24. The standard InChI is InChI=1S/C11H9N3O6/c1-20-8-4-5(3-7(9(8)15)14(18)19)2-6-10(16)13-11(17)12-6/h2-4,15H,1H3,(H2,12,13,16,17)/b6-2+. The number of phenols is 1. The molecule has 0 aromatic heterocycles. The second kappa shape index (κ2) is 4.88. The summed E-state index contributed by atoms with van der Waals surface area (Å²) in [5, 5.41) is 24.7. The van der Waals surface area contributed by atoms with Crippen LogP contribution in [0.25, 0.3) is 6.08 Å². The van der Waals surface area contributed by atoms with Gasteiger partial charge >= 0.3 is 11.7 Å². The number of carbonyl (C=O) groups excluding carboxylic acids is 2. The number of imide groups is 1. The third-order valence-corrected chi connectivity index (χ3v) is 2.52. The number of ether oxygens (including phenoxy) is 1. The number of nitro groups is 1. The monoisotopic (exact) mass is 279 g/mol. The van der Waals surface area contributed by atoms with Crippen molar-refractivity contribution < 1.29 is 24.4 Å². The minimum atomic E-state index is -0.785. The number of carbonyl (C=O) groups is 2. The van der Waals surface area contributed by atoms with Crippen molar-refractivity contribution in [2.24, 2.45) is 0 Å². The van der Waals surface area contributed by atoms with Gasteiger partial charge in [-0.05, 0) is 17.7 Å². The fraction of sp³-hybridized carbons (Fsp3) is 0.0909. The first kappa shape index (κ1) is 13.3. The maximum Gasteiger partial charge on any atom is 0.326 e. The minimum absolute atomic E-state index is 0.0583. The molecule has 9 heteroatoms. The summed E-state index contributed by atoms with van der Waals surface area (Å²) in [4.78, 5) is 32.3. The Morgan fingerprint density at radius 3 is 2.55 bits per heavy atom. The van der Waals surface area contributed by atoms with Gasteiger partial charge in [0.15, 0.2) is 5.75 Å². The zero-order valence-electron chi connectivity index (χ0n) is 10.2. The SMILES string of the molecule is COc1cc(/C=C2/NC(=O)NC2=O)cc([N+](=O)[O-])c1O. The number of methoxy groups -OCH3 is 1. The smallest absolute Gasteiger partial charge is 0.326 e. The molecule has 1 aliphatic heterocycles. The van der Waals surface area contributed by atoms with E-state index in [1.165, 1.54) is 19.3 Å². The Labute approximate surface area is 112 Å². The van der Waals surface area contributed by atoms with Crippen LogP contribution in [0.2, 0.25) is 0 Å². The molecule has 1 heterocycles. The molecule has 1 fully saturated rings. The molecule has 1 saturated heterocycles. The highest BCUT2D eigenvalue weighted by molar-refractivity contribution is 6.14. The van der Waals surface area contributed by atoms with Crippen molar-refractivity contribution in [2.45, 2.75) is 0 Å². The number of hydrogen-bond donors (Lipinski definition) is 3. The first-order valence-electron chi connectivity index (χ1n) is 5.32. The maximum atomic E-state index is 11.4. The van der Waals surface area contributed by atoms with Gasteiger partial charge in [-0.3, -0.25) is 20.2 Å². The first-order valence-corrected chi connectivity index (χ1v) is 5.32. The molecule has 1 aromatic rings. The fourth-order valence-corrected chi connectivity index (χ4v) is 1.64. The number of phenolic OH excluding ortho intramolecular Hbond substituents is 1. The number of urea groups is 1. The van der Waals surface area contributed by atoms with Gasteiger partial charge in [-0.25, -0.2) is 4.79 Å². The van der Waals surface area contributed by atoms with Gasteiger partial charge < -0.3 is 15.2 Å². The summed E-state index contributed by atoms with van der Waals surface area (Å²) < 4.78 is 4.82. The maximum absolute atomic E-state index is 11.4. The van der Waals surface area contributed by atoms with E-state index >= 15 is 0 Å². The van der Waals surface area contributed by atoms with Gasteiger partial charge in [0.05, 0.1) is 12.0 Å². The minimum Gasteiger partial charge on any atom is -0.500 e. The molecular formula is C11H9N3O6. The van der Waals surface area contributed by atoms with E-state index in [2.05, 4.69) is 5.32 Å². The molecular weight excluding hydrogens is 270 g/mol. The van der Waals surface area contributed by atoms with Crippen LogP contribution in [0.5, 0.6) is 11.5 Å². The van der Waals surface area contributed by atoms with Crippen molar-refractivity contribution in [3.8, 4) is 11.5 Å². The molecule has 0 radical (unpaired) electrons. The Morgan fingerprint density at radius 1 is 1.35 bits per heavy atom. The Kier molecular flexibility index (Phi) is 3.25. The summed E-state index contributed by atoms with van der Waals surface area (Å²) in [6.07, 6.45) is 1.23. The van der Waals surface area contributed by atoms with Crippen LogP contribution in [-0.4, -0.2) is 29.1 Å². The molecule has 0 aliphatic carbocycles. The molecule has 20 heavy (non-hydrogen) atoms. The van der Waals surface area contributed by atoms with E-state index in [9.17, 15) is 24.8 Å². The fourth-order valence-electron chi connectivity index (χ4n) is 1.64. The van der Waals surface area contributed by atoms with Gasteiger partial charge in [0, 0.05) is 6.07 Å². The molecule has 0 spiro atoms. The Hall–Kier alpha value is -3.10. The topological polar surface area (TPSA) is 131 Å². The lowest BCUT2D eigenvalue weighted by Gasteiger charge is -2.05. The number of amides is 3. The molecule has 0 unspecified atom stereocenters. The van der Waals surface area contributed by atoms with E-state index in [1.54, 1.807) is 0 Å². The highest BCUT2D eigenvalue weighted by Gasteiger charge is 2.24. The van der Waals surface area contributed by atoms with E-state index in [1.807, 2.05) is 5.32 Å². The van der Waals surface area contributed by atoms with Gasteiger partial charge in [-0.15, -0.1) is 0 Å². The zero-order chi connectivity index (χ0) is 14.9. The third-order valence-electron chi connectivity index (χ3n) is 2.52. The highest BCUT2D eigenvalue weighted by Crippen LogP contribution is 2.37. The predicted octanol–water partition coefficient (Wildman–Crippen LogP) is 0.489. The Morgan fingerprint density at radius 2 is 2.05 bits per heavy atom. The normalized spacial score (nSPS) is 15.9. The van der Waals surface area contributed by atoms with Gasteiger partial charge in [0.2, 0.25) is 5.75 Å². The number of rotatable bonds is 3. The van der Waals surface area contributed by atoms with Gasteiger partial charge in [0.25, 0.3) is 5.91 Å². The molecule has 0 bridgehead atoms. The number of nitrogens with one attached hydrogen (secondary N) is 2. The van der Waals surface area contributed by atoms with E-state index in [4.69, 9.17) is 4.74 Å². The largest absolute Gasteiger partial charge is 0.500 e. The van der Waals surface area contributed by atoms with Crippen LogP contribution in [0, 0.1) is 10.1 Å². The van der Waals surface area contributed by atoms with E-state index in [0.29, 0.717) is 0 Å². The molecule has 0 saturated carbocycles. The van der Waals surface area contributed by atoms with Gasteiger partial charge in [0.1, 0.15) is 5.70 Å².